The van der Waals surface area contributed by atoms with Crippen molar-refractivity contribution < 1.29 is 0 Å². The number of rotatable bonds is 8. The molecule has 0 aliphatic heterocycles. The molecule has 0 aromatic carbocycles. The Morgan fingerprint density at radius 3 is 2.81 bits per heavy atom. The molecule has 0 radical (unpaired) electrons. The number of unbranched alkanes of at least 4 members (excludes halogenated alkanes) is 3. The molecule has 1 heterocycles. The van der Waals surface area contributed by atoms with Gasteiger partial charge >= 0.3 is 0 Å². The smallest absolute Gasteiger partial charge is 0.203 e. The lowest BCUT2D eigenvalue weighted by molar-refractivity contribution is 0.476. The van der Waals surface area contributed by atoms with Crippen molar-refractivity contribution in [1.82, 2.24) is 9.55 Å². The third kappa shape index (κ3) is 3.87. The molecule has 1 rings (SSSR count). The van der Waals surface area contributed by atoms with Crippen LogP contribution < -0.4 is 5.32 Å². The Labute approximate surface area is 99.3 Å². The van der Waals surface area contributed by atoms with Gasteiger partial charge in [-0.05, 0) is 20.3 Å². The van der Waals surface area contributed by atoms with Crippen molar-refractivity contribution in [3.63, 3.8) is 0 Å². The number of anilines is 1. The molecule has 1 aromatic rings. The summed E-state index contributed by atoms with van der Waals surface area (Å²) in [5.41, 5.74) is 0. The maximum Gasteiger partial charge on any atom is 0.203 e. The molecule has 1 atom stereocenters. The minimum Gasteiger partial charge on any atom is -0.356 e. The van der Waals surface area contributed by atoms with Gasteiger partial charge in [-0.25, -0.2) is 4.98 Å². The zero-order valence-electron chi connectivity index (χ0n) is 10.9. The van der Waals surface area contributed by atoms with Crippen LogP contribution in [-0.2, 0) is 0 Å². The summed E-state index contributed by atoms with van der Waals surface area (Å²) >= 11 is 0. The average Bonchev–Trinajstić information content (AvgIpc) is 2.73. The quantitative estimate of drug-likeness (QED) is 0.678. The standard InChI is InChI=1S/C13H25N3/c1-4-6-7-8-9-12(3)16-11-10-15-13(16)14-5-2/h10-12H,4-9H2,1-3H3,(H,14,15). The van der Waals surface area contributed by atoms with E-state index in [9.17, 15) is 0 Å². The zero-order valence-corrected chi connectivity index (χ0v) is 10.9. The van der Waals surface area contributed by atoms with E-state index in [1.807, 2.05) is 6.20 Å². The Kier molecular flexibility index (Phi) is 5.98. The molecule has 0 bridgehead atoms. The Hall–Kier alpha value is -0.990. The second kappa shape index (κ2) is 7.31. The number of hydrogen-bond donors (Lipinski definition) is 1. The molecule has 92 valence electrons. The van der Waals surface area contributed by atoms with Crippen molar-refractivity contribution in [2.45, 2.75) is 58.9 Å². The van der Waals surface area contributed by atoms with E-state index in [-0.39, 0.29) is 0 Å². The number of imidazole rings is 1. The van der Waals surface area contributed by atoms with Gasteiger partial charge in [0.2, 0.25) is 5.95 Å². The van der Waals surface area contributed by atoms with E-state index in [1.165, 1.54) is 32.1 Å². The summed E-state index contributed by atoms with van der Waals surface area (Å²) in [6, 6.07) is 0.549. The summed E-state index contributed by atoms with van der Waals surface area (Å²) in [4.78, 5) is 4.32. The van der Waals surface area contributed by atoms with Crippen LogP contribution in [0.25, 0.3) is 0 Å². The molecule has 3 heteroatoms. The highest BCUT2D eigenvalue weighted by Gasteiger charge is 2.08. The minimum atomic E-state index is 0.549. The Bertz CT molecular complexity index is 280. The molecule has 0 aliphatic rings. The minimum absolute atomic E-state index is 0.549. The lowest BCUT2D eigenvalue weighted by atomic mass is 10.1. The Morgan fingerprint density at radius 2 is 2.12 bits per heavy atom. The summed E-state index contributed by atoms with van der Waals surface area (Å²) in [7, 11) is 0. The van der Waals surface area contributed by atoms with Crippen LogP contribution in [0.15, 0.2) is 12.4 Å². The maximum absolute atomic E-state index is 4.32. The third-order valence-corrected chi connectivity index (χ3v) is 2.95. The monoisotopic (exact) mass is 223 g/mol. The predicted octanol–water partition coefficient (Wildman–Crippen LogP) is 3.85. The topological polar surface area (TPSA) is 29.9 Å². The normalized spacial score (nSPS) is 12.7. The van der Waals surface area contributed by atoms with E-state index in [2.05, 4.69) is 41.8 Å². The van der Waals surface area contributed by atoms with E-state index in [4.69, 9.17) is 0 Å². The SMILES string of the molecule is CCCCCCC(C)n1ccnc1NCC. The van der Waals surface area contributed by atoms with E-state index < -0.39 is 0 Å². The van der Waals surface area contributed by atoms with Gasteiger partial charge < -0.3 is 9.88 Å². The molecule has 16 heavy (non-hydrogen) atoms. The molecule has 0 fully saturated rings. The fourth-order valence-corrected chi connectivity index (χ4v) is 1.97. The Balaban J connectivity index is 2.39. The van der Waals surface area contributed by atoms with E-state index in [0.717, 1.165) is 12.5 Å². The summed E-state index contributed by atoms with van der Waals surface area (Å²) in [6.45, 7) is 7.56. The van der Waals surface area contributed by atoms with E-state index in [0.29, 0.717) is 6.04 Å². The molecule has 0 aliphatic carbocycles. The van der Waals surface area contributed by atoms with Crippen LogP contribution in [0, 0.1) is 0 Å². The summed E-state index contributed by atoms with van der Waals surface area (Å²) in [5, 5.41) is 3.29. The first-order valence-corrected chi connectivity index (χ1v) is 6.56. The van der Waals surface area contributed by atoms with Crippen LogP contribution in [0.5, 0.6) is 0 Å². The number of nitrogens with one attached hydrogen (secondary N) is 1. The molecular weight excluding hydrogens is 198 g/mol. The summed E-state index contributed by atoms with van der Waals surface area (Å²) in [6.07, 6.45) is 10.5. The van der Waals surface area contributed by atoms with E-state index in [1.54, 1.807) is 0 Å². The van der Waals surface area contributed by atoms with Crippen molar-refractivity contribution in [3.8, 4) is 0 Å². The fourth-order valence-electron chi connectivity index (χ4n) is 1.97. The van der Waals surface area contributed by atoms with Crippen LogP contribution in [0.4, 0.5) is 5.95 Å². The first kappa shape index (κ1) is 13.1. The zero-order chi connectivity index (χ0) is 11.8. The number of aromatic nitrogens is 2. The van der Waals surface area contributed by atoms with Crippen LogP contribution in [-0.4, -0.2) is 16.1 Å². The molecule has 1 unspecified atom stereocenters. The second-order valence-corrected chi connectivity index (χ2v) is 4.39. The first-order chi connectivity index (χ1) is 7.79. The number of hydrogen-bond acceptors (Lipinski definition) is 2. The molecule has 1 aromatic heterocycles. The highest BCUT2D eigenvalue weighted by atomic mass is 15.2. The van der Waals surface area contributed by atoms with Gasteiger partial charge in [0.05, 0.1) is 0 Å². The highest BCUT2D eigenvalue weighted by molar-refractivity contribution is 5.26. The van der Waals surface area contributed by atoms with Crippen molar-refractivity contribution in [1.29, 1.82) is 0 Å². The Morgan fingerprint density at radius 1 is 1.31 bits per heavy atom. The highest BCUT2D eigenvalue weighted by Crippen LogP contribution is 2.19. The van der Waals surface area contributed by atoms with Crippen LogP contribution >= 0.6 is 0 Å². The predicted molar refractivity (Wildman–Crippen MR) is 69.9 cm³/mol. The van der Waals surface area contributed by atoms with Gasteiger partial charge in [-0.2, -0.15) is 0 Å². The summed E-state index contributed by atoms with van der Waals surface area (Å²) in [5.74, 6) is 1.01. The van der Waals surface area contributed by atoms with Gasteiger partial charge in [0.15, 0.2) is 0 Å². The number of nitrogens with zero attached hydrogens (tertiary/aromatic N) is 2. The van der Waals surface area contributed by atoms with Gasteiger partial charge in [0.25, 0.3) is 0 Å². The van der Waals surface area contributed by atoms with Crippen molar-refractivity contribution in [3.05, 3.63) is 12.4 Å². The van der Waals surface area contributed by atoms with Gasteiger partial charge in [-0.15, -0.1) is 0 Å². The largest absolute Gasteiger partial charge is 0.356 e. The summed E-state index contributed by atoms with van der Waals surface area (Å²) < 4.78 is 2.25. The lowest BCUT2D eigenvalue weighted by Gasteiger charge is -2.16. The lowest BCUT2D eigenvalue weighted by Crippen LogP contribution is -2.10. The third-order valence-electron chi connectivity index (χ3n) is 2.95. The molecular formula is C13H25N3. The molecule has 0 spiro atoms. The maximum atomic E-state index is 4.32. The molecule has 0 saturated heterocycles. The van der Waals surface area contributed by atoms with Crippen LogP contribution in [0.1, 0.15) is 58.9 Å². The van der Waals surface area contributed by atoms with Gasteiger partial charge in [0, 0.05) is 25.0 Å². The van der Waals surface area contributed by atoms with E-state index >= 15 is 0 Å². The molecule has 1 N–H and O–H groups in total. The van der Waals surface area contributed by atoms with Gasteiger partial charge in [-0.3, -0.25) is 0 Å². The van der Waals surface area contributed by atoms with Crippen molar-refractivity contribution in [2.24, 2.45) is 0 Å². The van der Waals surface area contributed by atoms with Crippen molar-refractivity contribution >= 4 is 5.95 Å². The van der Waals surface area contributed by atoms with Crippen molar-refractivity contribution in [2.75, 3.05) is 11.9 Å². The van der Waals surface area contributed by atoms with Crippen LogP contribution in [0.2, 0.25) is 0 Å². The molecule has 0 amide bonds. The first-order valence-electron chi connectivity index (χ1n) is 6.56. The second-order valence-electron chi connectivity index (χ2n) is 4.39. The molecule has 3 nitrogen and oxygen atoms in total. The van der Waals surface area contributed by atoms with Gasteiger partial charge in [-0.1, -0.05) is 32.6 Å². The van der Waals surface area contributed by atoms with Gasteiger partial charge in [0.1, 0.15) is 0 Å². The van der Waals surface area contributed by atoms with Crippen LogP contribution in [0.3, 0.4) is 0 Å². The molecule has 0 saturated carbocycles. The average molecular weight is 223 g/mol. The fraction of sp³-hybridized carbons (Fsp3) is 0.769.